The molecule has 1 saturated heterocycles. The molecule has 6 heteroatoms. The second kappa shape index (κ2) is 10.1. The minimum absolute atomic E-state index is 0.139. The molecule has 146 valence electrons. The Morgan fingerprint density at radius 2 is 1.69 bits per heavy atom. The Kier molecular flexibility index (Phi) is 8.10. The van der Waals surface area contributed by atoms with Crippen LogP contribution in [0.5, 0.6) is 0 Å². The maximum Gasteiger partial charge on any atom is 0.243 e. The summed E-state index contributed by atoms with van der Waals surface area (Å²) in [4.78, 5) is 14.2. The third-order valence-corrected chi connectivity index (χ3v) is 6.94. The van der Waals surface area contributed by atoms with E-state index in [4.69, 9.17) is 0 Å². The Morgan fingerprint density at radius 1 is 1.08 bits per heavy atom. The minimum Gasteiger partial charge on any atom is -0.346 e. The summed E-state index contributed by atoms with van der Waals surface area (Å²) >= 11 is 0. The van der Waals surface area contributed by atoms with E-state index in [0.29, 0.717) is 30.8 Å². The third kappa shape index (κ3) is 5.81. The molecule has 0 aliphatic carbocycles. The number of unbranched alkanes of at least 4 members (excludes halogenated alkanes) is 1. The van der Waals surface area contributed by atoms with E-state index in [1.54, 1.807) is 21.3 Å². The van der Waals surface area contributed by atoms with Gasteiger partial charge in [-0.25, -0.2) is 8.42 Å². The van der Waals surface area contributed by atoms with Crippen LogP contribution < -0.4 is 0 Å². The van der Waals surface area contributed by atoms with Crippen molar-refractivity contribution < 1.29 is 13.2 Å². The quantitative estimate of drug-likeness (QED) is 0.694. The summed E-state index contributed by atoms with van der Waals surface area (Å²) in [5, 5.41) is 0. The van der Waals surface area contributed by atoms with Crippen molar-refractivity contribution in [1.82, 2.24) is 9.21 Å². The predicted molar refractivity (Wildman–Crippen MR) is 105 cm³/mol. The Bertz CT molecular complexity index is 663. The van der Waals surface area contributed by atoms with E-state index in [0.717, 1.165) is 50.6 Å². The van der Waals surface area contributed by atoms with Crippen LogP contribution >= 0.6 is 0 Å². The van der Waals surface area contributed by atoms with Gasteiger partial charge in [-0.1, -0.05) is 38.3 Å². The lowest BCUT2D eigenvalue weighted by Crippen LogP contribution is -2.31. The van der Waals surface area contributed by atoms with Crippen molar-refractivity contribution >= 4 is 15.9 Å². The van der Waals surface area contributed by atoms with Gasteiger partial charge in [-0.3, -0.25) is 4.79 Å². The van der Waals surface area contributed by atoms with Crippen molar-refractivity contribution in [3.63, 3.8) is 0 Å². The van der Waals surface area contributed by atoms with Crippen LogP contribution in [0.4, 0.5) is 0 Å². The summed E-state index contributed by atoms with van der Waals surface area (Å²) < 4.78 is 27.2. The van der Waals surface area contributed by atoms with Crippen LogP contribution in [0.1, 0.15) is 57.4 Å². The Labute approximate surface area is 158 Å². The molecule has 1 aliphatic heterocycles. The van der Waals surface area contributed by atoms with Crippen LogP contribution in [0.15, 0.2) is 29.2 Å². The Morgan fingerprint density at radius 3 is 2.27 bits per heavy atom. The monoisotopic (exact) mass is 380 g/mol. The second-order valence-corrected chi connectivity index (χ2v) is 9.07. The number of hydrogen-bond acceptors (Lipinski definition) is 3. The smallest absolute Gasteiger partial charge is 0.243 e. The maximum atomic E-state index is 12.8. The molecule has 0 aromatic heterocycles. The number of hydrogen-bond donors (Lipinski definition) is 0. The number of sulfonamides is 1. The number of nitrogens with zero attached hydrogens (tertiary/aromatic N) is 2. The van der Waals surface area contributed by atoms with Crippen LogP contribution in [0.3, 0.4) is 0 Å². The summed E-state index contributed by atoms with van der Waals surface area (Å²) in [6.45, 7) is 4.13. The van der Waals surface area contributed by atoms with Gasteiger partial charge < -0.3 is 4.90 Å². The van der Waals surface area contributed by atoms with Gasteiger partial charge in [0.2, 0.25) is 15.9 Å². The molecule has 0 bridgehead atoms. The fourth-order valence-corrected chi connectivity index (χ4v) is 4.74. The topological polar surface area (TPSA) is 57.7 Å². The van der Waals surface area contributed by atoms with Crippen molar-refractivity contribution in [1.29, 1.82) is 0 Å². The van der Waals surface area contributed by atoms with E-state index in [-0.39, 0.29) is 5.91 Å². The van der Waals surface area contributed by atoms with Crippen LogP contribution in [0.2, 0.25) is 0 Å². The number of benzene rings is 1. The largest absolute Gasteiger partial charge is 0.346 e. The average molecular weight is 381 g/mol. The van der Waals surface area contributed by atoms with Crippen LogP contribution in [0, 0.1) is 0 Å². The predicted octanol–water partition coefficient (Wildman–Crippen LogP) is 3.44. The van der Waals surface area contributed by atoms with Gasteiger partial charge in [-0.2, -0.15) is 4.31 Å². The van der Waals surface area contributed by atoms with Crippen LogP contribution in [-0.2, 0) is 21.2 Å². The molecule has 26 heavy (non-hydrogen) atoms. The molecule has 0 spiro atoms. The first-order valence-corrected chi connectivity index (χ1v) is 11.2. The second-order valence-electron chi connectivity index (χ2n) is 7.13. The van der Waals surface area contributed by atoms with E-state index >= 15 is 0 Å². The molecule has 1 fully saturated rings. The highest BCUT2D eigenvalue weighted by Crippen LogP contribution is 2.21. The lowest BCUT2D eigenvalue weighted by molar-refractivity contribution is -0.129. The van der Waals surface area contributed by atoms with Crippen molar-refractivity contribution in [2.45, 2.75) is 63.2 Å². The molecule has 2 rings (SSSR count). The third-order valence-electron chi connectivity index (χ3n) is 5.03. The SMILES string of the molecule is CCCCN(C)C(=O)CCc1ccc(S(=O)(=O)N2CCCCCC2)cc1. The Balaban J connectivity index is 1.94. The fraction of sp³-hybridized carbons (Fsp3) is 0.650. The molecular weight excluding hydrogens is 348 g/mol. The van der Waals surface area contributed by atoms with E-state index in [1.165, 1.54) is 0 Å². The van der Waals surface area contributed by atoms with E-state index in [2.05, 4.69) is 6.92 Å². The zero-order chi connectivity index (χ0) is 19.0. The number of carbonyl (C=O) groups excluding carboxylic acids is 1. The molecule has 0 radical (unpaired) electrons. The van der Waals surface area contributed by atoms with E-state index < -0.39 is 10.0 Å². The van der Waals surface area contributed by atoms with Gasteiger partial charge in [0.15, 0.2) is 0 Å². The molecule has 1 aromatic rings. The van der Waals surface area contributed by atoms with Crippen LogP contribution in [-0.4, -0.2) is 50.2 Å². The molecule has 0 N–H and O–H groups in total. The van der Waals surface area contributed by atoms with Gasteiger partial charge in [-0.15, -0.1) is 0 Å². The van der Waals surface area contributed by atoms with Crippen molar-refractivity contribution in [3.05, 3.63) is 29.8 Å². The van der Waals surface area contributed by atoms with Gasteiger partial charge in [0.25, 0.3) is 0 Å². The molecule has 0 saturated carbocycles. The number of carbonyl (C=O) groups is 1. The summed E-state index contributed by atoms with van der Waals surface area (Å²) in [6.07, 6.45) is 7.26. The summed E-state index contributed by atoms with van der Waals surface area (Å²) in [5.41, 5.74) is 0.997. The normalized spacial score (nSPS) is 16.2. The summed E-state index contributed by atoms with van der Waals surface area (Å²) in [7, 11) is -1.56. The molecule has 1 amide bonds. The highest BCUT2D eigenvalue weighted by Gasteiger charge is 2.24. The van der Waals surface area contributed by atoms with Gasteiger partial charge in [0.1, 0.15) is 0 Å². The highest BCUT2D eigenvalue weighted by molar-refractivity contribution is 7.89. The highest BCUT2D eigenvalue weighted by atomic mass is 32.2. The molecule has 5 nitrogen and oxygen atoms in total. The number of rotatable bonds is 8. The fourth-order valence-electron chi connectivity index (χ4n) is 3.22. The zero-order valence-corrected chi connectivity index (χ0v) is 16.9. The van der Waals surface area contributed by atoms with Gasteiger partial charge in [-0.05, 0) is 43.4 Å². The van der Waals surface area contributed by atoms with Crippen molar-refractivity contribution in [2.24, 2.45) is 0 Å². The molecule has 0 atom stereocenters. The first-order valence-electron chi connectivity index (χ1n) is 9.78. The van der Waals surface area contributed by atoms with Crippen LogP contribution in [0.25, 0.3) is 0 Å². The molecule has 0 unspecified atom stereocenters. The molecule has 1 aromatic carbocycles. The van der Waals surface area contributed by atoms with E-state index in [1.807, 2.05) is 19.2 Å². The number of aryl methyl sites for hydroxylation is 1. The number of amides is 1. The maximum absolute atomic E-state index is 12.8. The van der Waals surface area contributed by atoms with Crippen molar-refractivity contribution in [2.75, 3.05) is 26.7 Å². The molecule has 1 aliphatic rings. The van der Waals surface area contributed by atoms with E-state index in [9.17, 15) is 13.2 Å². The first kappa shape index (κ1) is 20.9. The zero-order valence-electron chi connectivity index (χ0n) is 16.1. The molecule has 1 heterocycles. The Hall–Kier alpha value is -1.40. The van der Waals surface area contributed by atoms with Gasteiger partial charge >= 0.3 is 0 Å². The van der Waals surface area contributed by atoms with Gasteiger partial charge in [0, 0.05) is 33.1 Å². The summed E-state index contributed by atoms with van der Waals surface area (Å²) in [6, 6.07) is 7.04. The van der Waals surface area contributed by atoms with Gasteiger partial charge in [0.05, 0.1) is 4.90 Å². The lowest BCUT2D eigenvalue weighted by atomic mass is 10.1. The first-order chi connectivity index (χ1) is 12.4. The minimum atomic E-state index is -3.40. The average Bonchev–Trinajstić information content (AvgIpc) is 2.94. The summed E-state index contributed by atoms with van der Waals surface area (Å²) in [5.74, 6) is 0.139. The lowest BCUT2D eigenvalue weighted by Gasteiger charge is -2.20. The standard InChI is InChI=1S/C20H32N2O3S/c1-3-4-15-21(2)20(23)14-11-18-9-12-19(13-10-18)26(24,25)22-16-7-5-6-8-17-22/h9-10,12-13H,3-8,11,14-17H2,1-2H3. The molecular formula is C20H32N2O3S. The van der Waals surface area contributed by atoms with Crippen molar-refractivity contribution in [3.8, 4) is 0 Å².